The van der Waals surface area contributed by atoms with E-state index in [-0.39, 0.29) is 0 Å². The second-order valence-electron chi connectivity index (χ2n) is 4.97. The summed E-state index contributed by atoms with van der Waals surface area (Å²) in [6, 6.07) is 0.574. The van der Waals surface area contributed by atoms with Crippen molar-refractivity contribution in [3.05, 3.63) is 5.01 Å². The normalized spacial score (nSPS) is 21.8. The average Bonchev–Trinajstić information content (AvgIpc) is 2.71. The molecule has 4 nitrogen and oxygen atoms in total. The third-order valence-electron chi connectivity index (χ3n) is 3.46. The molecule has 1 unspecified atom stereocenters. The van der Waals surface area contributed by atoms with Crippen LogP contribution in [0.2, 0.25) is 0 Å². The van der Waals surface area contributed by atoms with Gasteiger partial charge in [0.2, 0.25) is 5.13 Å². The lowest BCUT2D eigenvalue weighted by atomic mass is 10.1. The molecule has 1 atom stereocenters. The lowest BCUT2D eigenvalue weighted by Crippen LogP contribution is -2.27. The van der Waals surface area contributed by atoms with Crippen LogP contribution in [0.5, 0.6) is 0 Å². The highest BCUT2D eigenvalue weighted by molar-refractivity contribution is 7.15. The number of rotatable bonds is 5. The van der Waals surface area contributed by atoms with E-state index in [0.29, 0.717) is 6.04 Å². The lowest BCUT2D eigenvalue weighted by molar-refractivity contribution is 0.285. The van der Waals surface area contributed by atoms with Crippen molar-refractivity contribution in [1.29, 1.82) is 0 Å². The molecule has 0 radical (unpaired) electrons. The van der Waals surface area contributed by atoms with E-state index >= 15 is 0 Å². The number of likely N-dealkylation sites (tertiary alicyclic amines) is 1. The Bertz CT molecular complexity index is 353. The van der Waals surface area contributed by atoms with Crippen LogP contribution in [0.4, 0.5) is 5.13 Å². The van der Waals surface area contributed by atoms with Crippen LogP contribution in [0.25, 0.3) is 0 Å². The molecule has 1 aliphatic heterocycles. The molecule has 2 heterocycles. The Hall–Kier alpha value is -0.680. The van der Waals surface area contributed by atoms with Gasteiger partial charge in [-0.25, -0.2) is 0 Å². The van der Waals surface area contributed by atoms with Gasteiger partial charge in [0.1, 0.15) is 5.01 Å². The maximum Gasteiger partial charge on any atom is 0.205 e. The van der Waals surface area contributed by atoms with E-state index in [1.54, 1.807) is 11.3 Å². The molecule has 1 aliphatic rings. The minimum atomic E-state index is 0.574. The van der Waals surface area contributed by atoms with Crippen molar-refractivity contribution in [2.45, 2.75) is 52.0 Å². The van der Waals surface area contributed by atoms with E-state index in [4.69, 9.17) is 0 Å². The Balaban J connectivity index is 1.82. The Morgan fingerprint density at radius 3 is 2.89 bits per heavy atom. The molecule has 0 amide bonds. The Kier molecular flexibility index (Phi) is 5.38. The zero-order valence-electron chi connectivity index (χ0n) is 11.5. The molecule has 0 aliphatic carbocycles. The number of anilines is 1. The third kappa shape index (κ3) is 3.92. The molecule has 1 aromatic heterocycles. The van der Waals surface area contributed by atoms with Gasteiger partial charge in [0.25, 0.3) is 0 Å². The minimum Gasteiger partial charge on any atom is -0.357 e. The van der Waals surface area contributed by atoms with Gasteiger partial charge in [-0.1, -0.05) is 25.2 Å². The van der Waals surface area contributed by atoms with Crippen LogP contribution in [-0.4, -0.2) is 40.8 Å². The van der Waals surface area contributed by atoms with E-state index in [1.165, 1.54) is 45.3 Å². The maximum atomic E-state index is 4.21. The lowest BCUT2D eigenvalue weighted by Gasteiger charge is -2.19. The first kappa shape index (κ1) is 13.7. The fourth-order valence-corrected chi connectivity index (χ4v) is 3.23. The second-order valence-corrected chi connectivity index (χ2v) is 6.03. The average molecular weight is 268 g/mol. The van der Waals surface area contributed by atoms with E-state index in [1.807, 2.05) is 0 Å². The van der Waals surface area contributed by atoms with Gasteiger partial charge < -0.3 is 10.2 Å². The molecule has 0 aromatic carbocycles. The van der Waals surface area contributed by atoms with E-state index in [2.05, 4.69) is 34.3 Å². The van der Waals surface area contributed by atoms with Crippen LogP contribution >= 0.6 is 11.3 Å². The van der Waals surface area contributed by atoms with E-state index in [9.17, 15) is 0 Å². The summed E-state index contributed by atoms with van der Waals surface area (Å²) in [6.07, 6.45) is 6.00. The van der Waals surface area contributed by atoms with E-state index < -0.39 is 0 Å². The molecule has 1 saturated heterocycles. The molecule has 0 spiro atoms. The van der Waals surface area contributed by atoms with Crippen molar-refractivity contribution < 1.29 is 0 Å². The molecule has 0 saturated carbocycles. The molecular formula is C13H24N4S. The minimum absolute atomic E-state index is 0.574. The summed E-state index contributed by atoms with van der Waals surface area (Å²) in [4.78, 5) is 2.58. The number of hydrogen-bond donors (Lipinski definition) is 1. The van der Waals surface area contributed by atoms with Crippen LogP contribution in [0, 0.1) is 0 Å². The predicted molar refractivity (Wildman–Crippen MR) is 77.3 cm³/mol. The first-order chi connectivity index (χ1) is 8.81. The highest BCUT2D eigenvalue weighted by Crippen LogP contribution is 2.20. The van der Waals surface area contributed by atoms with Gasteiger partial charge in [0.15, 0.2) is 0 Å². The molecule has 5 heteroatoms. The molecule has 0 bridgehead atoms. The zero-order chi connectivity index (χ0) is 12.8. The number of aryl methyl sites for hydroxylation is 1. The Labute approximate surface area is 114 Å². The fraction of sp³-hybridized carbons (Fsp3) is 0.846. The zero-order valence-corrected chi connectivity index (χ0v) is 12.3. The molecular weight excluding hydrogens is 244 g/mol. The molecule has 102 valence electrons. The first-order valence-corrected chi connectivity index (χ1v) is 7.94. The molecule has 1 aromatic rings. The number of hydrogen-bond acceptors (Lipinski definition) is 5. The Morgan fingerprint density at radius 1 is 1.28 bits per heavy atom. The summed E-state index contributed by atoms with van der Waals surface area (Å²) < 4.78 is 0. The van der Waals surface area contributed by atoms with Gasteiger partial charge >= 0.3 is 0 Å². The summed E-state index contributed by atoms with van der Waals surface area (Å²) in [7, 11) is 0. The second kappa shape index (κ2) is 7.04. The summed E-state index contributed by atoms with van der Waals surface area (Å²) in [5.74, 6) is 0. The van der Waals surface area contributed by atoms with Gasteiger partial charge in [0.05, 0.1) is 0 Å². The SMILES string of the molecule is CCCN1CCCC(Nc2nnc(CC)s2)CC1. The van der Waals surface area contributed by atoms with E-state index in [0.717, 1.165) is 16.6 Å². The fourth-order valence-electron chi connectivity index (χ4n) is 2.47. The van der Waals surface area contributed by atoms with Crippen LogP contribution in [0.1, 0.15) is 44.5 Å². The highest BCUT2D eigenvalue weighted by atomic mass is 32.1. The smallest absolute Gasteiger partial charge is 0.205 e. The summed E-state index contributed by atoms with van der Waals surface area (Å²) in [5, 5.41) is 14.1. The molecule has 1 N–H and O–H groups in total. The summed E-state index contributed by atoms with van der Waals surface area (Å²) >= 11 is 1.70. The van der Waals surface area contributed by atoms with Crippen molar-refractivity contribution in [3.8, 4) is 0 Å². The Morgan fingerprint density at radius 2 is 2.17 bits per heavy atom. The molecule has 18 heavy (non-hydrogen) atoms. The van der Waals surface area contributed by atoms with Crippen molar-refractivity contribution in [1.82, 2.24) is 15.1 Å². The number of nitrogens with one attached hydrogen (secondary N) is 1. The predicted octanol–water partition coefficient (Wildman–Crippen LogP) is 2.78. The van der Waals surface area contributed by atoms with Crippen molar-refractivity contribution in [3.63, 3.8) is 0 Å². The molecule has 1 fully saturated rings. The van der Waals surface area contributed by atoms with Gasteiger partial charge in [-0.2, -0.15) is 0 Å². The van der Waals surface area contributed by atoms with Crippen molar-refractivity contribution >= 4 is 16.5 Å². The van der Waals surface area contributed by atoms with Crippen LogP contribution in [0.15, 0.2) is 0 Å². The summed E-state index contributed by atoms with van der Waals surface area (Å²) in [6.45, 7) is 8.09. The van der Waals surface area contributed by atoms with Crippen molar-refractivity contribution in [2.24, 2.45) is 0 Å². The summed E-state index contributed by atoms with van der Waals surface area (Å²) in [5.41, 5.74) is 0. The van der Waals surface area contributed by atoms with Crippen LogP contribution in [-0.2, 0) is 6.42 Å². The maximum absolute atomic E-state index is 4.21. The van der Waals surface area contributed by atoms with Gasteiger partial charge in [-0.15, -0.1) is 10.2 Å². The largest absolute Gasteiger partial charge is 0.357 e. The first-order valence-electron chi connectivity index (χ1n) is 7.13. The van der Waals surface area contributed by atoms with Crippen LogP contribution in [0.3, 0.4) is 0 Å². The van der Waals surface area contributed by atoms with Gasteiger partial charge in [0, 0.05) is 12.6 Å². The van der Waals surface area contributed by atoms with Gasteiger partial charge in [-0.05, 0) is 45.2 Å². The number of nitrogens with zero attached hydrogens (tertiary/aromatic N) is 3. The topological polar surface area (TPSA) is 41.0 Å². The van der Waals surface area contributed by atoms with Crippen LogP contribution < -0.4 is 5.32 Å². The quantitative estimate of drug-likeness (QED) is 0.891. The number of aromatic nitrogens is 2. The third-order valence-corrected chi connectivity index (χ3v) is 4.46. The highest BCUT2D eigenvalue weighted by Gasteiger charge is 2.17. The van der Waals surface area contributed by atoms with Crippen molar-refractivity contribution in [2.75, 3.05) is 25.0 Å². The van der Waals surface area contributed by atoms with Gasteiger partial charge in [-0.3, -0.25) is 0 Å². The molecule has 2 rings (SSSR count). The monoisotopic (exact) mass is 268 g/mol. The standard InChI is InChI=1S/C13H24N4S/c1-3-8-17-9-5-6-11(7-10-17)14-13-16-15-12(4-2)18-13/h11H,3-10H2,1-2H3,(H,14,16).